The number of amides is 2. The van der Waals surface area contributed by atoms with E-state index in [0.29, 0.717) is 67.7 Å². The van der Waals surface area contributed by atoms with Gasteiger partial charge in [0.15, 0.2) is 23.8 Å². The van der Waals surface area contributed by atoms with Gasteiger partial charge in [0, 0.05) is 53.5 Å². The number of carbonyl (C=O) groups excluding carboxylic acids is 3. The molecule has 2 amide bonds. The number of Topliss-reactive ketones (excluding diaryl/α,β-unsaturated/α-hetero) is 1. The number of rotatable bonds is 13. The third-order valence-electron chi connectivity index (χ3n) is 14.3. The lowest BCUT2D eigenvalue weighted by Crippen LogP contribution is -2.72. The minimum absolute atomic E-state index is 0.0260. The Kier molecular flexibility index (Phi) is 10.5. The molecule has 64 heavy (non-hydrogen) atoms. The molecule has 4 unspecified atom stereocenters. The fraction of sp³-hybridized carbons (Fsp3) is 0.652. The number of epoxide rings is 1. The Labute approximate surface area is 369 Å². The first-order chi connectivity index (χ1) is 30.5. The summed E-state index contributed by atoms with van der Waals surface area (Å²) in [5.41, 5.74) is -1.53. The zero-order valence-corrected chi connectivity index (χ0v) is 36.9. The number of aliphatic hydroxyl groups is 2. The normalized spacial score (nSPS) is 36.2. The van der Waals surface area contributed by atoms with Crippen LogP contribution in [0.1, 0.15) is 106 Å². The van der Waals surface area contributed by atoms with Crippen LogP contribution in [0.5, 0.6) is 17.2 Å². The van der Waals surface area contributed by atoms with Crippen molar-refractivity contribution in [3.8, 4) is 17.2 Å². The van der Waals surface area contributed by atoms with E-state index in [1.165, 1.54) is 24.2 Å². The number of fused-ring (bicyclic) bond motifs is 8. The van der Waals surface area contributed by atoms with Gasteiger partial charge in [-0.3, -0.25) is 19.3 Å². The van der Waals surface area contributed by atoms with Crippen molar-refractivity contribution in [1.82, 2.24) is 4.90 Å². The first kappa shape index (κ1) is 43.6. The molecule has 8 aliphatic rings. The van der Waals surface area contributed by atoms with Crippen LogP contribution < -0.4 is 9.47 Å². The highest BCUT2D eigenvalue weighted by molar-refractivity contribution is 6.13. The predicted molar refractivity (Wildman–Crippen MR) is 221 cm³/mol. The lowest BCUT2D eigenvalue weighted by atomic mass is 9.77. The summed E-state index contributed by atoms with van der Waals surface area (Å²) >= 11 is 0. The van der Waals surface area contributed by atoms with Crippen molar-refractivity contribution >= 4 is 34.1 Å². The molecule has 10 rings (SSSR count). The molecule has 2 aromatic carbocycles. The number of benzene rings is 2. The summed E-state index contributed by atoms with van der Waals surface area (Å²) in [5, 5.41) is 40.8. The van der Waals surface area contributed by atoms with Crippen LogP contribution in [-0.4, -0.2) is 137 Å². The van der Waals surface area contributed by atoms with E-state index in [4.69, 9.17) is 47.5 Å². The maximum atomic E-state index is 13.5. The van der Waals surface area contributed by atoms with Crippen molar-refractivity contribution in [3.63, 3.8) is 0 Å². The van der Waals surface area contributed by atoms with Crippen molar-refractivity contribution in [2.24, 2.45) is 10.6 Å². The van der Waals surface area contributed by atoms with Crippen molar-refractivity contribution in [1.29, 1.82) is 0 Å². The van der Waals surface area contributed by atoms with Crippen LogP contribution in [0.15, 0.2) is 23.4 Å². The van der Waals surface area contributed by atoms with Gasteiger partial charge in [-0.05, 0) is 64.5 Å². The summed E-state index contributed by atoms with van der Waals surface area (Å²) in [5.74, 6) is -3.92. The number of methoxy groups -OCH3 is 1. The molecule has 18 nitrogen and oxygen atoms in total. The fourth-order valence-corrected chi connectivity index (χ4v) is 10.9. The Balaban J connectivity index is 0.930. The van der Waals surface area contributed by atoms with Crippen LogP contribution in [0, 0.1) is 12.3 Å². The molecule has 0 saturated carbocycles. The molecule has 5 saturated heterocycles. The average molecular weight is 893 g/mol. The number of aliphatic hydroxyl groups excluding tert-OH is 1. The van der Waals surface area contributed by atoms with Crippen LogP contribution in [0.3, 0.4) is 0 Å². The van der Waals surface area contributed by atoms with Crippen molar-refractivity contribution in [2.45, 2.75) is 146 Å². The van der Waals surface area contributed by atoms with Crippen LogP contribution in [-0.2, 0) is 54.0 Å². The number of imide groups is 1. The van der Waals surface area contributed by atoms with Gasteiger partial charge < -0.3 is 62.8 Å². The Morgan fingerprint density at radius 1 is 1.02 bits per heavy atom. The van der Waals surface area contributed by atoms with Gasteiger partial charge in [-0.25, -0.2) is 0 Å². The third-order valence-corrected chi connectivity index (χ3v) is 14.3. The highest BCUT2D eigenvalue weighted by atomic mass is 16.9. The van der Waals surface area contributed by atoms with E-state index in [0.717, 1.165) is 18.4 Å². The molecule has 18 heteroatoms. The molecule has 1 spiro atoms. The fourth-order valence-electron chi connectivity index (χ4n) is 10.9. The quantitative estimate of drug-likeness (QED) is 0.0852. The second-order valence-corrected chi connectivity index (χ2v) is 19.1. The van der Waals surface area contributed by atoms with Crippen LogP contribution in [0.2, 0.25) is 0 Å². The number of phenols is 1. The topological polar surface area (TPSA) is 223 Å². The van der Waals surface area contributed by atoms with E-state index < -0.39 is 59.8 Å². The van der Waals surface area contributed by atoms with Gasteiger partial charge in [0.05, 0.1) is 55.8 Å². The maximum Gasteiger partial charge on any atom is 0.279 e. The highest BCUT2D eigenvalue weighted by Gasteiger charge is 2.94. The van der Waals surface area contributed by atoms with Gasteiger partial charge in [-0.2, -0.15) is 0 Å². The first-order valence-corrected chi connectivity index (χ1v) is 22.3. The average Bonchev–Trinajstić information content (AvgIpc) is 3.81. The van der Waals surface area contributed by atoms with Crippen molar-refractivity contribution < 1.29 is 77.2 Å². The summed E-state index contributed by atoms with van der Waals surface area (Å²) in [4.78, 5) is 43.8. The molecule has 0 aromatic heterocycles. The Hall–Kier alpha value is -4.24. The smallest absolute Gasteiger partial charge is 0.279 e. The number of ketones is 1. The minimum atomic E-state index is -1.97. The van der Waals surface area contributed by atoms with Gasteiger partial charge in [0.1, 0.15) is 30.0 Å². The number of aromatic hydroxyl groups is 1. The molecule has 2 bridgehead atoms. The highest BCUT2D eigenvalue weighted by Crippen LogP contribution is 2.73. The van der Waals surface area contributed by atoms with Gasteiger partial charge >= 0.3 is 0 Å². The van der Waals surface area contributed by atoms with E-state index in [-0.39, 0.29) is 77.2 Å². The number of unbranched alkanes of at least 4 members (excludes halogenated alkanes) is 3. The van der Waals surface area contributed by atoms with Crippen LogP contribution >= 0.6 is 0 Å². The van der Waals surface area contributed by atoms with Gasteiger partial charge in [0.25, 0.3) is 23.4 Å². The standard InChI is InChI=1S/C46H56N2O16/c1-23-18-27-35(36(53)34-26(37(27)55-6)12-11-13-28(34)49)38-33(23)39-40-45(62-38,43(22-58-43)46(63-39,64-40)41-56-20-42(4,5)21-57-41)61-32-19-29(50)44(54,25(3)60-32)24(2)47-59-17-10-8-7-9-16-48-30(51)14-15-31(48)52/h14-15,18,25,29,32,39-41,50,53-54H,7-13,16-17,19-22H2,1-6H3/b47-24+/t25?,29?,32?,39-,40-,43-,44?,45+,46-/m0/s1. The van der Waals surface area contributed by atoms with Gasteiger partial charge in [0.2, 0.25) is 11.9 Å². The number of hydrogen-bond acceptors (Lipinski definition) is 17. The van der Waals surface area contributed by atoms with Gasteiger partial charge in [-0.1, -0.05) is 25.4 Å². The van der Waals surface area contributed by atoms with E-state index in [2.05, 4.69) is 5.16 Å². The Bertz CT molecular complexity index is 2320. The van der Waals surface area contributed by atoms with Gasteiger partial charge in [-0.15, -0.1) is 0 Å². The van der Waals surface area contributed by atoms with E-state index >= 15 is 0 Å². The number of ether oxygens (including phenoxy) is 9. The van der Waals surface area contributed by atoms with Crippen LogP contribution in [0.25, 0.3) is 10.8 Å². The monoisotopic (exact) mass is 892 g/mol. The summed E-state index contributed by atoms with van der Waals surface area (Å²) in [6.45, 7) is 10.4. The second-order valence-electron chi connectivity index (χ2n) is 19.1. The molecule has 7 heterocycles. The molecule has 346 valence electrons. The lowest BCUT2D eigenvalue weighted by molar-refractivity contribution is -0.396. The zero-order valence-electron chi connectivity index (χ0n) is 36.9. The van der Waals surface area contributed by atoms with Crippen LogP contribution in [0.4, 0.5) is 0 Å². The van der Waals surface area contributed by atoms with E-state index in [1.807, 2.05) is 26.8 Å². The summed E-state index contributed by atoms with van der Waals surface area (Å²) in [6, 6.07) is 1.89. The SMILES string of the molecule is COc1c2c(c(O)c3c4c(c(C)cc13)[C@@H]1O[C@@]3(C5OCC(C)(C)CO5)O[C@@H]1[C@@](OC1CC(O)C(O)(/C(C)=N/OCCCCCCN5C(=O)C=CC5=O)C(C)O1)(O4)[C@@]31CO1)C(=O)CCC2. The summed E-state index contributed by atoms with van der Waals surface area (Å²) < 4.78 is 59.6. The minimum Gasteiger partial charge on any atom is -0.506 e. The summed E-state index contributed by atoms with van der Waals surface area (Å²) in [7, 11) is 1.54. The third kappa shape index (κ3) is 6.23. The second kappa shape index (κ2) is 15.4. The molecular weight excluding hydrogens is 837 g/mol. The molecule has 2 aromatic rings. The molecule has 3 N–H and O–H groups in total. The van der Waals surface area contributed by atoms with Crippen molar-refractivity contribution in [3.05, 3.63) is 40.5 Å². The number of phenolic OH excluding ortho intramolecular Hbond substituents is 1. The first-order valence-electron chi connectivity index (χ1n) is 22.3. The number of nitrogens with zero attached hydrogens (tertiary/aromatic N) is 2. The Morgan fingerprint density at radius 3 is 2.42 bits per heavy atom. The largest absolute Gasteiger partial charge is 0.506 e. The molecule has 5 fully saturated rings. The molecular formula is C46H56N2O16. The molecule has 1 aliphatic carbocycles. The number of oxime groups is 1. The zero-order chi connectivity index (χ0) is 45.1. The van der Waals surface area contributed by atoms with E-state index in [1.54, 1.807) is 13.8 Å². The predicted octanol–water partition coefficient (Wildman–Crippen LogP) is 3.93. The maximum absolute atomic E-state index is 13.5. The van der Waals surface area contributed by atoms with E-state index in [9.17, 15) is 29.7 Å². The number of aryl methyl sites for hydroxylation is 1. The molecule has 7 aliphatic heterocycles. The molecule has 9 atom stereocenters. The molecule has 0 radical (unpaired) electrons. The number of hydrogen-bond donors (Lipinski definition) is 3. The number of carbonyl (C=O) groups is 3. The lowest BCUT2D eigenvalue weighted by Gasteiger charge is -2.53. The summed E-state index contributed by atoms with van der Waals surface area (Å²) in [6.07, 6.45) is -0.135. The van der Waals surface area contributed by atoms with Crippen molar-refractivity contribution in [2.75, 3.05) is 40.1 Å². The Morgan fingerprint density at radius 2 is 1.73 bits per heavy atom.